The Labute approximate surface area is 247 Å². The van der Waals surface area contributed by atoms with Crippen LogP contribution in [0.3, 0.4) is 0 Å². The number of nitrogens with zero attached hydrogens (tertiary/aromatic N) is 2. The first-order valence-corrected chi connectivity index (χ1v) is 15.9. The predicted molar refractivity (Wildman–Crippen MR) is 163 cm³/mol. The monoisotopic (exact) mass is 677 g/mol. The molecule has 39 heavy (non-hydrogen) atoms. The molecule has 208 valence electrons. The minimum absolute atomic E-state index is 0.123. The van der Waals surface area contributed by atoms with Gasteiger partial charge in [0.2, 0.25) is 21.8 Å². The number of amides is 2. The van der Waals surface area contributed by atoms with Crippen LogP contribution in [0.25, 0.3) is 0 Å². The summed E-state index contributed by atoms with van der Waals surface area (Å²) in [5.41, 5.74) is 2.90. The first kappa shape index (κ1) is 30.8. The van der Waals surface area contributed by atoms with Crippen LogP contribution < -0.4 is 9.62 Å². The first-order chi connectivity index (χ1) is 18.3. The molecule has 0 aliphatic rings. The molecule has 0 saturated heterocycles. The van der Waals surface area contributed by atoms with Crippen molar-refractivity contribution in [1.82, 2.24) is 10.2 Å². The number of aryl methyl sites for hydroxylation is 1. The molecule has 0 bridgehead atoms. The SMILES string of the molecule is Cc1cc(N(CC(=O)N(Cc2cccc(Br)c2)[C@@H](Cc2ccccc2)C(=O)NC(C)C)S(C)(=O)=O)ccc1Br. The maximum Gasteiger partial charge on any atom is 0.244 e. The van der Waals surface area contributed by atoms with E-state index in [1.807, 2.05) is 75.4 Å². The van der Waals surface area contributed by atoms with Crippen LogP contribution in [-0.4, -0.2) is 50.0 Å². The van der Waals surface area contributed by atoms with Gasteiger partial charge in [-0.25, -0.2) is 8.42 Å². The lowest BCUT2D eigenvalue weighted by Crippen LogP contribution is -2.54. The standard InChI is InChI=1S/C29H33Br2N3O4S/c1-20(2)32-29(36)27(17-22-9-6-5-7-10-22)33(18-23-11-8-12-24(30)16-23)28(35)19-34(39(4,37)38)25-13-14-26(31)21(3)15-25/h5-16,20,27H,17-19H2,1-4H3,(H,32,36)/t27-/m0/s1. The number of hydrogen-bond acceptors (Lipinski definition) is 4. The highest BCUT2D eigenvalue weighted by atomic mass is 79.9. The fourth-order valence-corrected chi connectivity index (χ4v) is 5.70. The van der Waals surface area contributed by atoms with E-state index in [1.54, 1.807) is 18.2 Å². The minimum atomic E-state index is -3.82. The number of sulfonamides is 1. The van der Waals surface area contributed by atoms with Crippen molar-refractivity contribution < 1.29 is 18.0 Å². The summed E-state index contributed by atoms with van der Waals surface area (Å²) in [6.45, 7) is 5.24. The number of carbonyl (C=O) groups is 2. The number of rotatable bonds is 11. The van der Waals surface area contributed by atoms with E-state index in [0.29, 0.717) is 5.69 Å². The van der Waals surface area contributed by atoms with Crippen LogP contribution >= 0.6 is 31.9 Å². The third-order valence-electron chi connectivity index (χ3n) is 6.05. The van der Waals surface area contributed by atoms with Gasteiger partial charge >= 0.3 is 0 Å². The van der Waals surface area contributed by atoms with E-state index in [9.17, 15) is 18.0 Å². The van der Waals surface area contributed by atoms with Crippen molar-refractivity contribution in [1.29, 1.82) is 0 Å². The first-order valence-electron chi connectivity index (χ1n) is 12.5. The van der Waals surface area contributed by atoms with Crippen LogP contribution in [0.15, 0.2) is 81.7 Å². The van der Waals surface area contributed by atoms with Gasteiger partial charge in [0.15, 0.2) is 0 Å². The molecule has 3 aromatic carbocycles. The van der Waals surface area contributed by atoms with Gasteiger partial charge in [-0.3, -0.25) is 13.9 Å². The number of benzene rings is 3. The van der Waals surface area contributed by atoms with Crippen LogP contribution in [0.4, 0.5) is 5.69 Å². The average Bonchev–Trinajstić information content (AvgIpc) is 2.86. The van der Waals surface area contributed by atoms with Crippen molar-refractivity contribution in [2.24, 2.45) is 0 Å². The molecule has 0 saturated carbocycles. The summed E-state index contributed by atoms with van der Waals surface area (Å²) in [5, 5.41) is 2.95. The smallest absolute Gasteiger partial charge is 0.244 e. The zero-order valence-electron chi connectivity index (χ0n) is 22.4. The summed E-state index contributed by atoms with van der Waals surface area (Å²) in [5.74, 6) is -0.789. The van der Waals surface area contributed by atoms with Crippen molar-refractivity contribution in [3.63, 3.8) is 0 Å². The Morgan fingerprint density at radius 3 is 2.18 bits per heavy atom. The van der Waals surface area contributed by atoms with Crippen LogP contribution in [0, 0.1) is 6.92 Å². The van der Waals surface area contributed by atoms with E-state index >= 15 is 0 Å². The third kappa shape index (κ3) is 8.91. The Bertz CT molecular complexity index is 1420. The molecule has 0 fully saturated rings. The minimum Gasteiger partial charge on any atom is -0.352 e. The van der Waals surface area contributed by atoms with E-state index in [4.69, 9.17) is 0 Å². The predicted octanol–water partition coefficient (Wildman–Crippen LogP) is 5.45. The maximum atomic E-state index is 14.1. The van der Waals surface area contributed by atoms with E-state index in [0.717, 1.165) is 36.2 Å². The van der Waals surface area contributed by atoms with E-state index in [2.05, 4.69) is 37.2 Å². The molecular weight excluding hydrogens is 646 g/mol. The van der Waals surface area contributed by atoms with Crippen LogP contribution in [0.1, 0.15) is 30.5 Å². The van der Waals surface area contributed by atoms with Crippen molar-refractivity contribution in [3.05, 3.63) is 98.4 Å². The largest absolute Gasteiger partial charge is 0.352 e. The summed E-state index contributed by atoms with van der Waals surface area (Å²) in [7, 11) is -3.82. The Kier molecular flexibility index (Phi) is 10.7. The second-order valence-electron chi connectivity index (χ2n) is 9.72. The average molecular weight is 679 g/mol. The van der Waals surface area contributed by atoms with Gasteiger partial charge in [0.05, 0.1) is 11.9 Å². The number of carbonyl (C=O) groups excluding carboxylic acids is 2. The van der Waals surface area contributed by atoms with Crippen molar-refractivity contribution in [2.75, 3.05) is 17.1 Å². The fourth-order valence-electron chi connectivity index (χ4n) is 4.16. The van der Waals surface area contributed by atoms with E-state index in [1.165, 1.54) is 4.90 Å². The molecule has 0 aromatic heterocycles. The maximum absolute atomic E-state index is 14.1. The number of nitrogens with one attached hydrogen (secondary N) is 1. The topological polar surface area (TPSA) is 86.8 Å². The second kappa shape index (κ2) is 13.6. The zero-order chi connectivity index (χ0) is 28.7. The summed E-state index contributed by atoms with van der Waals surface area (Å²) in [6, 6.07) is 21.1. The number of anilines is 1. The van der Waals surface area contributed by atoms with E-state index < -0.39 is 28.5 Å². The van der Waals surface area contributed by atoms with Crippen molar-refractivity contribution in [3.8, 4) is 0 Å². The molecule has 7 nitrogen and oxygen atoms in total. The second-order valence-corrected chi connectivity index (χ2v) is 13.4. The van der Waals surface area contributed by atoms with Gasteiger partial charge in [-0.05, 0) is 67.8 Å². The molecule has 0 aliphatic heterocycles. The summed E-state index contributed by atoms with van der Waals surface area (Å²) in [6.07, 6.45) is 1.35. The fraction of sp³-hybridized carbons (Fsp3) is 0.310. The van der Waals surface area contributed by atoms with Gasteiger partial charge in [0.25, 0.3) is 0 Å². The lowest BCUT2D eigenvalue weighted by molar-refractivity contribution is -0.140. The zero-order valence-corrected chi connectivity index (χ0v) is 26.4. The summed E-state index contributed by atoms with van der Waals surface area (Å²) >= 11 is 6.92. The Morgan fingerprint density at radius 1 is 0.923 bits per heavy atom. The quantitative estimate of drug-likeness (QED) is 0.292. The molecule has 1 N–H and O–H groups in total. The van der Waals surface area contributed by atoms with Crippen LogP contribution in [0.2, 0.25) is 0 Å². The molecular formula is C29H33Br2N3O4S. The molecule has 2 amide bonds. The molecule has 0 unspecified atom stereocenters. The van der Waals surface area contributed by atoms with Gasteiger partial charge in [-0.2, -0.15) is 0 Å². The third-order valence-corrected chi connectivity index (χ3v) is 8.58. The molecule has 10 heteroatoms. The molecule has 3 rings (SSSR count). The van der Waals surface area contributed by atoms with Gasteiger partial charge in [0.1, 0.15) is 12.6 Å². The molecule has 0 aliphatic carbocycles. The normalized spacial score (nSPS) is 12.2. The lowest BCUT2D eigenvalue weighted by Gasteiger charge is -2.34. The van der Waals surface area contributed by atoms with Crippen LogP contribution in [-0.2, 0) is 32.6 Å². The number of hydrogen-bond donors (Lipinski definition) is 1. The summed E-state index contributed by atoms with van der Waals surface area (Å²) in [4.78, 5) is 29.1. The summed E-state index contributed by atoms with van der Waals surface area (Å²) < 4.78 is 28.5. The highest BCUT2D eigenvalue weighted by Gasteiger charge is 2.33. The molecule has 0 heterocycles. The Morgan fingerprint density at radius 2 is 1.59 bits per heavy atom. The molecule has 1 atom stereocenters. The number of halogens is 2. The molecule has 0 radical (unpaired) electrons. The van der Waals surface area contributed by atoms with Crippen molar-refractivity contribution in [2.45, 2.75) is 45.8 Å². The lowest BCUT2D eigenvalue weighted by atomic mass is 10.0. The van der Waals surface area contributed by atoms with Gasteiger partial charge in [-0.15, -0.1) is 0 Å². The van der Waals surface area contributed by atoms with E-state index in [-0.39, 0.29) is 24.9 Å². The molecule has 0 spiro atoms. The van der Waals surface area contributed by atoms with Crippen molar-refractivity contribution >= 4 is 59.4 Å². The molecule has 3 aromatic rings. The highest BCUT2D eigenvalue weighted by molar-refractivity contribution is 9.10. The Balaban J connectivity index is 2.07. The van der Waals surface area contributed by atoms with Gasteiger partial charge < -0.3 is 10.2 Å². The van der Waals surface area contributed by atoms with Gasteiger partial charge in [-0.1, -0.05) is 74.3 Å². The highest BCUT2D eigenvalue weighted by Crippen LogP contribution is 2.25. The van der Waals surface area contributed by atoms with Crippen LogP contribution in [0.5, 0.6) is 0 Å². The Hall–Kier alpha value is -2.69. The van der Waals surface area contributed by atoms with Gasteiger partial charge in [0, 0.05) is 28.0 Å².